The Morgan fingerprint density at radius 1 is 1.31 bits per heavy atom. The predicted octanol–water partition coefficient (Wildman–Crippen LogP) is -3.44. The van der Waals surface area contributed by atoms with Crippen molar-refractivity contribution in [3.05, 3.63) is 11.5 Å². The summed E-state index contributed by atoms with van der Waals surface area (Å²) in [6.07, 6.45) is -8.79. The van der Waals surface area contributed by atoms with Crippen molar-refractivity contribution in [2.45, 2.75) is 49.8 Å². The number of cyclic esters (lactones) is 1. The van der Waals surface area contributed by atoms with Gasteiger partial charge in [-0.05, 0) is 0 Å². The quantitative estimate of drug-likeness (QED) is 0.227. The summed E-state index contributed by atoms with van der Waals surface area (Å²) in [5.74, 6) is -3.66. The molecule has 2 rings (SSSR count). The molecule has 0 saturated carbocycles. The molecule has 2 aliphatic rings. The summed E-state index contributed by atoms with van der Waals surface area (Å²) < 4.78 is 15.1. The Balaban J connectivity index is 2.04. The van der Waals surface area contributed by atoms with Crippen molar-refractivity contribution in [3.63, 3.8) is 0 Å². The first-order valence-electron chi connectivity index (χ1n) is 7.69. The maximum Gasteiger partial charge on any atom is 0.377 e. The molecule has 0 aromatic rings. The zero-order chi connectivity index (χ0) is 19.6. The minimum atomic E-state index is -1.61. The topological polar surface area (TPSA) is 195 Å². The molecular formula is C14H21NO11. The van der Waals surface area contributed by atoms with Gasteiger partial charge in [0.25, 0.3) is 0 Å². The van der Waals surface area contributed by atoms with E-state index in [1.165, 1.54) is 0 Å². The van der Waals surface area contributed by atoms with E-state index < -0.39 is 79.5 Å². The highest BCUT2D eigenvalue weighted by molar-refractivity contribution is 5.89. The summed E-state index contributed by atoms with van der Waals surface area (Å²) >= 11 is 0. The molecule has 12 heteroatoms. The largest absolute Gasteiger partial charge is 0.505 e. The normalized spacial score (nSPS) is 36.0. The van der Waals surface area contributed by atoms with E-state index in [0.717, 1.165) is 6.92 Å². The summed E-state index contributed by atoms with van der Waals surface area (Å²) in [4.78, 5) is 22.4. The van der Waals surface area contributed by atoms with E-state index in [1.54, 1.807) is 0 Å². The van der Waals surface area contributed by atoms with Crippen molar-refractivity contribution < 1.29 is 54.4 Å². The molecule has 0 radical (unpaired) electrons. The fourth-order valence-electron chi connectivity index (χ4n) is 2.62. The molecule has 0 aromatic heterocycles. The van der Waals surface area contributed by atoms with Crippen LogP contribution in [0, 0.1) is 0 Å². The highest BCUT2D eigenvalue weighted by Crippen LogP contribution is 2.25. The van der Waals surface area contributed by atoms with Crippen LogP contribution >= 0.6 is 0 Å². The maximum atomic E-state index is 11.3. The van der Waals surface area contributed by atoms with Gasteiger partial charge in [-0.2, -0.15) is 0 Å². The van der Waals surface area contributed by atoms with Crippen molar-refractivity contribution in [3.8, 4) is 0 Å². The second kappa shape index (κ2) is 8.16. The molecule has 12 nitrogen and oxygen atoms in total. The lowest BCUT2D eigenvalue weighted by Gasteiger charge is -2.42. The molecule has 1 saturated heterocycles. The molecule has 7 atom stereocenters. The molecule has 2 heterocycles. The number of carbonyl (C=O) groups excluding carboxylic acids is 2. The molecule has 1 fully saturated rings. The third kappa shape index (κ3) is 4.06. The Hall–Kier alpha value is -1.96. The Morgan fingerprint density at radius 3 is 2.46 bits per heavy atom. The van der Waals surface area contributed by atoms with E-state index in [2.05, 4.69) is 10.1 Å². The SMILES string of the molecule is CC(=O)N[C@H]1[C@H](OC[C@H](O)[C@H]2OC(=O)C(O)=C2O)O[C@H](CO)[C@@H](O)[C@@H]1O. The van der Waals surface area contributed by atoms with Gasteiger partial charge in [0.15, 0.2) is 18.2 Å². The van der Waals surface area contributed by atoms with Gasteiger partial charge in [0, 0.05) is 6.92 Å². The number of carbonyl (C=O) groups is 2. The van der Waals surface area contributed by atoms with Crippen LogP contribution in [-0.4, -0.2) is 98.6 Å². The van der Waals surface area contributed by atoms with Crippen molar-refractivity contribution >= 4 is 11.9 Å². The first kappa shape index (κ1) is 20.4. The molecule has 0 bridgehead atoms. The molecule has 148 valence electrons. The molecule has 1 amide bonds. The van der Waals surface area contributed by atoms with Crippen molar-refractivity contribution in [2.75, 3.05) is 13.2 Å². The molecule has 0 aromatic carbocycles. The van der Waals surface area contributed by atoms with Crippen LogP contribution in [0.1, 0.15) is 6.92 Å². The number of aliphatic hydroxyl groups is 6. The molecule has 7 N–H and O–H groups in total. The number of hydrogen-bond acceptors (Lipinski definition) is 11. The van der Waals surface area contributed by atoms with Gasteiger partial charge in [-0.25, -0.2) is 4.79 Å². The van der Waals surface area contributed by atoms with E-state index in [9.17, 15) is 40.2 Å². The number of hydrogen-bond donors (Lipinski definition) is 7. The van der Waals surface area contributed by atoms with Gasteiger partial charge < -0.3 is 50.2 Å². The predicted molar refractivity (Wildman–Crippen MR) is 79.5 cm³/mol. The number of ether oxygens (including phenoxy) is 3. The summed E-state index contributed by atoms with van der Waals surface area (Å²) in [6, 6.07) is -1.22. The molecule has 2 aliphatic heterocycles. The van der Waals surface area contributed by atoms with Crippen molar-refractivity contribution in [1.29, 1.82) is 0 Å². The number of nitrogens with one attached hydrogen (secondary N) is 1. The van der Waals surface area contributed by atoms with E-state index in [4.69, 9.17) is 9.47 Å². The number of aliphatic hydroxyl groups excluding tert-OH is 6. The highest BCUT2D eigenvalue weighted by Gasteiger charge is 2.46. The Morgan fingerprint density at radius 2 is 1.96 bits per heavy atom. The summed E-state index contributed by atoms with van der Waals surface area (Å²) in [6.45, 7) is -0.0885. The van der Waals surface area contributed by atoms with E-state index in [0.29, 0.717) is 0 Å². The Labute approximate surface area is 147 Å². The molecule has 0 aliphatic carbocycles. The van der Waals surface area contributed by atoms with Gasteiger partial charge in [-0.15, -0.1) is 0 Å². The number of esters is 1. The van der Waals surface area contributed by atoms with Crippen LogP contribution in [0.4, 0.5) is 0 Å². The second-order valence-corrected chi connectivity index (χ2v) is 5.89. The average molecular weight is 379 g/mol. The fraction of sp³-hybridized carbons (Fsp3) is 0.714. The zero-order valence-electron chi connectivity index (χ0n) is 13.7. The molecular weight excluding hydrogens is 358 g/mol. The van der Waals surface area contributed by atoms with Crippen LogP contribution < -0.4 is 5.32 Å². The molecule has 26 heavy (non-hydrogen) atoms. The van der Waals surface area contributed by atoms with Gasteiger partial charge in [0.2, 0.25) is 11.7 Å². The maximum absolute atomic E-state index is 11.3. The fourth-order valence-corrected chi connectivity index (χ4v) is 2.62. The van der Waals surface area contributed by atoms with Gasteiger partial charge >= 0.3 is 5.97 Å². The van der Waals surface area contributed by atoms with Crippen LogP contribution in [0.5, 0.6) is 0 Å². The van der Waals surface area contributed by atoms with Gasteiger partial charge in [0.05, 0.1) is 13.2 Å². The molecule has 0 unspecified atom stereocenters. The van der Waals surface area contributed by atoms with Crippen LogP contribution in [0.3, 0.4) is 0 Å². The highest BCUT2D eigenvalue weighted by atomic mass is 16.7. The van der Waals surface area contributed by atoms with E-state index >= 15 is 0 Å². The average Bonchev–Trinajstić information content (AvgIpc) is 2.85. The van der Waals surface area contributed by atoms with Gasteiger partial charge in [-0.3, -0.25) is 4.79 Å². The van der Waals surface area contributed by atoms with E-state index in [1.807, 2.05) is 0 Å². The standard InChI is InChI=1S/C14H21NO11/c1-4(17)15-7-9(20)8(19)6(2-16)25-14(7)24-3-5(18)12-10(21)11(22)13(23)26-12/h5-9,12,14,16,18-22H,2-3H2,1H3,(H,15,17)/t5-,6+,7+,8+,9+,12+,14+/m0/s1. The third-order valence-corrected chi connectivity index (χ3v) is 3.97. The minimum absolute atomic E-state index is 0.559. The first-order valence-corrected chi connectivity index (χ1v) is 7.69. The summed E-state index contributed by atoms with van der Waals surface area (Å²) in [7, 11) is 0. The monoisotopic (exact) mass is 379 g/mol. The lowest BCUT2D eigenvalue weighted by molar-refractivity contribution is -0.276. The van der Waals surface area contributed by atoms with Crippen LogP contribution in [-0.2, 0) is 23.8 Å². The lowest BCUT2D eigenvalue weighted by atomic mass is 9.97. The van der Waals surface area contributed by atoms with Crippen LogP contribution in [0.25, 0.3) is 0 Å². The Kier molecular flexibility index (Phi) is 6.39. The Bertz CT molecular complexity index is 579. The smallest absolute Gasteiger partial charge is 0.377 e. The zero-order valence-corrected chi connectivity index (χ0v) is 13.7. The minimum Gasteiger partial charge on any atom is -0.505 e. The van der Waals surface area contributed by atoms with Gasteiger partial charge in [-0.1, -0.05) is 0 Å². The number of rotatable bonds is 6. The van der Waals surface area contributed by atoms with Gasteiger partial charge in [0.1, 0.15) is 30.5 Å². The lowest BCUT2D eigenvalue weighted by Crippen LogP contribution is -2.64. The summed E-state index contributed by atoms with van der Waals surface area (Å²) in [5, 5.41) is 60.2. The van der Waals surface area contributed by atoms with E-state index in [-0.39, 0.29) is 0 Å². The van der Waals surface area contributed by atoms with Crippen LogP contribution in [0.2, 0.25) is 0 Å². The third-order valence-electron chi connectivity index (χ3n) is 3.97. The summed E-state index contributed by atoms with van der Waals surface area (Å²) in [5.41, 5.74) is 0. The van der Waals surface area contributed by atoms with Crippen molar-refractivity contribution in [1.82, 2.24) is 5.32 Å². The van der Waals surface area contributed by atoms with Crippen molar-refractivity contribution in [2.24, 2.45) is 0 Å². The second-order valence-electron chi connectivity index (χ2n) is 5.89. The number of amides is 1. The first-order chi connectivity index (χ1) is 12.2. The van der Waals surface area contributed by atoms with Crippen LogP contribution in [0.15, 0.2) is 11.5 Å². The molecule has 0 spiro atoms.